The van der Waals surface area contributed by atoms with Crippen molar-refractivity contribution in [2.24, 2.45) is 5.92 Å². The van der Waals surface area contributed by atoms with Crippen LogP contribution in [0.15, 0.2) is 24.9 Å². The van der Waals surface area contributed by atoms with Crippen LogP contribution in [0.25, 0.3) is 0 Å². The van der Waals surface area contributed by atoms with Crippen LogP contribution in [0.5, 0.6) is 0 Å². The van der Waals surface area contributed by atoms with Gasteiger partial charge < -0.3 is 10.1 Å². The molecule has 1 aliphatic rings. The monoisotopic (exact) mass is 289 g/mol. The minimum atomic E-state index is 0.219. The molecular weight excluding hydrogens is 266 g/mol. The van der Waals surface area contributed by atoms with Gasteiger partial charge in [-0.1, -0.05) is 0 Å². The van der Waals surface area contributed by atoms with E-state index in [1.807, 2.05) is 17.1 Å². The molecule has 1 aliphatic heterocycles. The van der Waals surface area contributed by atoms with E-state index in [1.54, 1.807) is 6.33 Å². The lowest BCUT2D eigenvalue weighted by atomic mass is 9.92. The van der Waals surface area contributed by atoms with Crippen molar-refractivity contribution in [3.05, 3.63) is 36.2 Å². The summed E-state index contributed by atoms with van der Waals surface area (Å²) < 4.78 is 1.99. The lowest BCUT2D eigenvalue weighted by molar-refractivity contribution is 0.213. The largest absolute Gasteiger partial charge is 0.396 e. The molecule has 0 amide bonds. The van der Waals surface area contributed by atoms with Crippen molar-refractivity contribution in [2.75, 3.05) is 19.7 Å². The van der Waals surface area contributed by atoms with E-state index in [2.05, 4.69) is 40.0 Å². The lowest BCUT2D eigenvalue weighted by Gasteiger charge is -2.14. The second-order valence-corrected chi connectivity index (χ2v) is 6.17. The van der Waals surface area contributed by atoms with Crippen LogP contribution in [0, 0.1) is 5.92 Å². The summed E-state index contributed by atoms with van der Waals surface area (Å²) in [5.74, 6) is 0.628. The molecule has 21 heavy (non-hydrogen) atoms. The van der Waals surface area contributed by atoms with Crippen LogP contribution >= 0.6 is 0 Å². The van der Waals surface area contributed by atoms with Gasteiger partial charge in [-0.2, -0.15) is 5.10 Å². The molecule has 1 saturated heterocycles. The van der Waals surface area contributed by atoms with Crippen molar-refractivity contribution in [3.63, 3.8) is 0 Å². The summed E-state index contributed by atoms with van der Waals surface area (Å²) in [6.45, 7) is 7.18. The second-order valence-electron chi connectivity index (χ2n) is 6.17. The predicted molar refractivity (Wildman–Crippen MR) is 79.8 cm³/mol. The third kappa shape index (κ3) is 3.01. The number of imidazole rings is 1. The zero-order chi connectivity index (χ0) is 14.8. The number of hydrogen-bond acceptors (Lipinski definition) is 4. The zero-order valence-electron chi connectivity index (χ0n) is 12.6. The van der Waals surface area contributed by atoms with Gasteiger partial charge in [0.25, 0.3) is 0 Å². The molecule has 2 N–H and O–H groups in total. The van der Waals surface area contributed by atoms with E-state index in [0.717, 1.165) is 25.3 Å². The lowest BCUT2D eigenvalue weighted by Crippen LogP contribution is -2.21. The molecular formula is C15H23N5O. The maximum absolute atomic E-state index is 9.68. The third-order valence-electron chi connectivity index (χ3n) is 4.28. The summed E-state index contributed by atoms with van der Waals surface area (Å²) in [5.41, 5.74) is 2.35. The van der Waals surface area contributed by atoms with Crippen LogP contribution in [-0.4, -0.2) is 49.5 Å². The fourth-order valence-electron chi connectivity index (χ4n) is 3.09. The Hall–Kier alpha value is -1.66. The molecule has 0 aromatic carbocycles. The maximum Gasteiger partial charge on any atom is 0.0922 e. The standard InChI is InChI=1S/C15H23N5O/c1-11(2)20-6-12(3-18-20)15-8-19(5-13(15)9-21)7-14-4-16-10-17-14/h3-4,6,10-11,13,15,21H,5,7-9H2,1-2H3,(H,16,17)/t13-,15-/m0/s1. The molecule has 0 saturated carbocycles. The van der Waals surface area contributed by atoms with Crippen LogP contribution in [0.4, 0.5) is 0 Å². The van der Waals surface area contributed by atoms with E-state index < -0.39 is 0 Å². The summed E-state index contributed by atoms with van der Waals surface area (Å²) in [6.07, 6.45) is 7.64. The molecule has 1 fully saturated rings. The number of hydrogen-bond donors (Lipinski definition) is 2. The van der Waals surface area contributed by atoms with Crippen molar-refractivity contribution in [3.8, 4) is 0 Å². The van der Waals surface area contributed by atoms with Gasteiger partial charge in [-0.05, 0) is 19.4 Å². The average Bonchev–Trinajstić information content (AvgIpc) is 3.18. The van der Waals surface area contributed by atoms with Gasteiger partial charge in [-0.3, -0.25) is 9.58 Å². The van der Waals surface area contributed by atoms with E-state index in [9.17, 15) is 5.11 Å². The Labute approximate surface area is 124 Å². The fraction of sp³-hybridized carbons (Fsp3) is 0.600. The normalized spacial score (nSPS) is 23.2. The van der Waals surface area contributed by atoms with Crippen molar-refractivity contribution >= 4 is 0 Å². The first-order chi connectivity index (χ1) is 10.2. The molecule has 114 valence electrons. The molecule has 2 atom stereocenters. The summed E-state index contributed by atoms with van der Waals surface area (Å²) >= 11 is 0. The summed E-state index contributed by atoms with van der Waals surface area (Å²) in [6, 6.07) is 0.369. The van der Waals surface area contributed by atoms with E-state index in [4.69, 9.17) is 0 Å². The Balaban J connectivity index is 1.71. The number of aliphatic hydroxyl groups excluding tert-OH is 1. The number of nitrogens with zero attached hydrogens (tertiary/aromatic N) is 4. The quantitative estimate of drug-likeness (QED) is 0.873. The molecule has 0 radical (unpaired) electrons. The first-order valence-corrected chi connectivity index (χ1v) is 7.52. The van der Waals surface area contributed by atoms with Gasteiger partial charge in [0.2, 0.25) is 0 Å². The summed E-state index contributed by atoms with van der Waals surface area (Å²) in [4.78, 5) is 9.56. The molecule has 3 rings (SSSR count). The van der Waals surface area contributed by atoms with E-state index >= 15 is 0 Å². The van der Waals surface area contributed by atoms with E-state index in [-0.39, 0.29) is 12.5 Å². The molecule has 3 heterocycles. The second kappa shape index (κ2) is 5.99. The first-order valence-electron chi connectivity index (χ1n) is 7.52. The summed E-state index contributed by atoms with van der Waals surface area (Å²) in [7, 11) is 0. The Kier molecular flexibility index (Phi) is 4.07. The molecule has 0 unspecified atom stereocenters. The van der Waals surface area contributed by atoms with Crippen molar-refractivity contribution < 1.29 is 5.11 Å². The minimum absolute atomic E-state index is 0.219. The number of likely N-dealkylation sites (tertiary alicyclic amines) is 1. The van der Waals surface area contributed by atoms with Gasteiger partial charge in [-0.25, -0.2) is 4.98 Å². The number of aliphatic hydroxyl groups is 1. The zero-order valence-corrected chi connectivity index (χ0v) is 12.6. The number of rotatable bonds is 5. The Morgan fingerprint density at radius 2 is 2.24 bits per heavy atom. The van der Waals surface area contributed by atoms with Crippen LogP contribution in [0.3, 0.4) is 0 Å². The highest BCUT2D eigenvalue weighted by molar-refractivity contribution is 5.16. The van der Waals surface area contributed by atoms with Gasteiger partial charge in [0.1, 0.15) is 0 Å². The van der Waals surface area contributed by atoms with Crippen molar-refractivity contribution in [2.45, 2.75) is 32.4 Å². The highest BCUT2D eigenvalue weighted by Gasteiger charge is 2.34. The van der Waals surface area contributed by atoms with Crippen LogP contribution in [0.2, 0.25) is 0 Å². The SMILES string of the molecule is CC(C)n1cc([C@@H]2CN(Cc3cnc[nH]3)C[C@H]2CO)cn1. The number of nitrogens with one attached hydrogen (secondary N) is 1. The highest BCUT2D eigenvalue weighted by Crippen LogP contribution is 2.33. The van der Waals surface area contributed by atoms with E-state index in [0.29, 0.717) is 12.0 Å². The number of H-pyrrole nitrogens is 1. The molecule has 0 bridgehead atoms. The molecule has 2 aromatic heterocycles. The number of aromatic nitrogens is 4. The van der Waals surface area contributed by atoms with Gasteiger partial charge in [0.15, 0.2) is 0 Å². The van der Waals surface area contributed by atoms with Crippen molar-refractivity contribution in [1.29, 1.82) is 0 Å². The fourth-order valence-corrected chi connectivity index (χ4v) is 3.09. The Bertz CT molecular complexity index is 562. The van der Waals surface area contributed by atoms with Gasteiger partial charge in [-0.15, -0.1) is 0 Å². The van der Waals surface area contributed by atoms with Crippen molar-refractivity contribution in [1.82, 2.24) is 24.6 Å². The van der Waals surface area contributed by atoms with Crippen LogP contribution < -0.4 is 0 Å². The Morgan fingerprint density at radius 3 is 2.86 bits per heavy atom. The molecule has 6 heteroatoms. The van der Waals surface area contributed by atoms with Crippen LogP contribution in [-0.2, 0) is 6.54 Å². The average molecular weight is 289 g/mol. The van der Waals surface area contributed by atoms with Crippen LogP contribution in [0.1, 0.15) is 37.1 Å². The number of aromatic amines is 1. The minimum Gasteiger partial charge on any atom is -0.396 e. The highest BCUT2D eigenvalue weighted by atomic mass is 16.3. The molecule has 0 spiro atoms. The summed E-state index contributed by atoms with van der Waals surface area (Å²) in [5, 5.41) is 14.1. The predicted octanol–water partition coefficient (Wildman–Crippen LogP) is 1.39. The third-order valence-corrected chi connectivity index (χ3v) is 4.28. The Morgan fingerprint density at radius 1 is 1.38 bits per heavy atom. The van der Waals surface area contributed by atoms with Gasteiger partial charge in [0, 0.05) is 62.2 Å². The topological polar surface area (TPSA) is 70.0 Å². The van der Waals surface area contributed by atoms with Gasteiger partial charge >= 0.3 is 0 Å². The molecule has 6 nitrogen and oxygen atoms in total. The first kappa shape index (κ1) is 14.3. The maximum atomic E-state index is 9.68. The van der Waals surface area contributed by atoms with Gasteiger partial charge in [0.05, 0.1) is 12.5 Å². The molecule has 2 aromatic rings. The smallest absolute Gasteiger partial charge is 0.0922 e. The molecule has 0 aliphatic carbocycles. The van der Waals surface area contributed by atoms with E-state index in [1.165, 1.54) is 5.56 Å².